The fraction of sp³-hybridized carbons (Fsp3) is 0.143. The highest BCUT2D eigenvalue weighted by Gasteiger charge is 2.31. The van der Waals surface area contributed by atoms with Gasteiger partial charge in [-0.3, -0.25) is 10.1 Å². The van der Waals surface area contributed by atoms with Gasteiger partial charge in [-0.25, -0.2) is 4.39 Å². The summed E-state index contributed by atoms with van der Waals surface area (Å²) >= 11 is 0. The lowest BCUT2D eigenvalue weighted by molar-refractivity contribution is -0.386. The molecule has 136 valence electrons. The molecule has 0 amide bonds. The molecule has 0 radical (unpaired) electrons. The lowest BCUT2D eigenvalue weighted by Gasteiger charge is -2.15. The van der Waals surface area contributed by atoms with Crippen molar-refractivity contribution < 1.29 is 32.3 Å². The molecule has 25 heavy (non-hydrogen) atoms. The van der Waals surface area contributed by atoms with Crippen molar-refractivity contribution in [1.29, 1.82) is 0 Å². The molecule has 0 aliphatic heterocycles. The first-order chi connectivity index (χ1) is 11.1. The average molecular weight is 383 g/mol. The largest absolute Gasteiger partial charge is 0.573 e. The number of rotatable bonds is 4. The zero-order chi connectivity index (χ0) is 18.1. The minimum absolute atomic E-state index is 0. The molecular weight excluding hydrogens is 372 g/mol. The van der Waals surface area contributed by atoms with E-state index < -0.39 is 40.3 Å². The molecule has 0 saturated heterocycles. The molecule has 0 fully saturated rings. The number of nitrogens with zero attached hydrogens (tertiary/aromatic N) is 1. The molecule has 0 saturated carbocycles. The van der Waals surface area contributed by atoms with Crippen LogP contribution in [-0.2, 0) is 0 Å². The van der Waals surface area contributed by atoms with E-state index in [1.807, 2.05) is 0 Å². The van der Waals surface area contributed by atoms with Crippen molar-refractivity contribution in [2.75, 3.05) is 0 Å². The number of phenolic OH excluding ortho intramolecular Hbond substituents is 1. The summed E-state index contributed by atoms with van der Waals surface area (Å²) in [6.45, 7) is 0. The Morgan fingerprint density at radius 2 is 1.76 bits per heavy atom. The number of nitro benzene ring substituents is 1. The Hall–Kier alpha value is -2.59. The van der Waals surface area contributed by atoms with Crippen molar-refractivity contribution in [3.05, 3.63) is 63.5 Å². The topological polar surface area (TPSA) is 98.6 Å². The van der Waals surface area contributed by atoms with Crippen LogP contribution in [0.15, 0.2) is 36.4 Å². The van der Waals surface area contributed by atoms with Crippen molar-refractivity contribution in [3.63, 3.8) is 0 Å². The summed E-state index contributed by atoms with van der Waals surface area (Å²) in [5.74, 6) is -2.29. The number of ether oxygens (including phenoxy) is 1. The number of phenols is 1. The predicted molar refractivity (Wildman–Crippen MR) is 81.1 cm³/mol. The van der Waals surface area contributed by atoms with Crippen molar-refractivity contribution in [3.8, 4) is 11.5 Å². The lowest BCUT2D eigenvalue weighted by Crippen LogP contribution is -2.17. The van der Waals surface area contributed by atoms with E-state index in [9.17, 15) is 32.8 Å². The van der Waals surface area contributed by atoms with E-state index in [0.29, 0.717) is 6.07 Å². The summed E-state index contributed by atoms with van der Waals surface area (Å²) in [5.41, 5.74) is 4.88. The van der Waals surface area contributed by atoms with Gasteiger partial charge in [-0.2, -0.15) is 0 Å². The molecule has 0 aliphatic rings. The van der Waals surface area contributed by atoms with Crippen LogP contribution in [0.4, 0.5) is 23.2 Å². The molecule has 0 spiro atoms. The maximum absolute atomic E-state index is 13.5. The smallest absolute Gasteiger partial charge is 0.502 e. The lowest BCUT2D eigenvalue weighted by atomic mass is 9.98. The highest BCUT2D eigenvalue weighted by Crippen LogP contribution is 2.36. The van der Waals surface area contributed by atoms with Crippen molar-refractivity contribution in [1.82, 2.24) is 0 Å². The molecule has 1 atom stereocenters. The molecular formula is C14H11ClF4N2O4. The molecule has 6 nitrogen and oxygen atoms in total. The van der Waals surface area contributed by atoms with E-state index in [2.05, 4.69) is 4.74 Å². The standard InChI is InChI=1S/C14H10F4N2O4.ClH/c15-8-5-10(13(21)11(6-8)20(22)23)12(19)7-1-3-9(4-2-7)24-14(16,17)18;/h1-6,12,21H,19H2;1H/t12-;/m0./s1. The van der Waals surface area contributed by atoms with Gasteiger partial charge in [0, 0.05) is 5.56 Å². The van der Waals surface area contributed by atoms with E-state index in [-0.39, 0.29) is 23.5 Å². The van der Waals surface area contributed by atoms with Crippen LogP contribution in [0.3, 0.4) is 0 Å². The molecule has 0 bridgehead atoms. The van der Waals surface area contributed by atoms with Crippen LogP contribution in [0.25, 0.3) is 0 Å². The third-order valence-corrected chi connectivity index (χ3v) is 3.09. The predicted octanol–water partition coefficient (Wildman–Crippen LogP) is 3.81. The molecule has 2 aromatic carbocycles. The van der Waals surface area contributed by atoms with Gasteiger partial charge in [0.15, 0.2) is 5.75 Å². The number of hydrogen-bond acceptors (Lipinski definition) is 5. The summed E-state index contributed by atoms with van der Waals surface area (Å²) in [5, 5.41) is 20.6. The van der Waals surface area contributed by atoms with Crippen LogP contribution in [-0.4, -0.2) is 16.4 Å². The molecule has 0 aromatic heterocycles. The molecule has 3 N–H and O–H groups in total. The molecule has 0 aliphatic carbocycles. The molecule has 0 unspecified atom stereocenters. The van der Waals surface area contributed by atoms with Gasteiger partial charge < -0.3 is 15.6 Å². The molecule has 11 heteroatoms. The summed E-state index contributed by atoms with van der Waals surface area (Å²) in [7, 11) is 0. The summed E-state index contributed by atoms with van der Waals surface area (Å²) in [4.78, 5) is 9.80. The van der Waals surface area contributed by atoms with Crippen LogP contribution < -0.4 is 10.5 Å². The Morgan fingerprint density at radius 1 is 1.20 bits per heavy atom. The number of aromatic hydroxyl groups is 1. The van der Waals surface area contributed by atoms with Crippen molar-refractivity contribution in [2.24, 2.45) is 5.73 Å². The van der Waals surface area contributed by atoms with Crippen molar-refractivity contribution >= 4 is 18.1 Å². The summed E-state index contributed by atoms with van der Waals surface area (Å²) in [6, 6.07) is 4.45. The van der Waals surface area contributed by atoms with E-state index in [1.165, 1.54) is 12.1 Å². The Bertz CT molecular complexity index is 769. The number of nitro groups is 1. The number of alkyl halides is 3. The van der Waals surface area contributed by atoms with Gasteiger partial charge in [0.1, 0.15) is 11.6 Å². The third-order valence-electron chi connectivity index (χ3n) is 3.09. The van der Waals surface area contributed by atoms with Crippen LogP contribution in [0.5, 0.6) is 11.5 Å². The van der Waals surface area contributed by atoms with Gasteiger partial charge in [0.05, 0.1) is 17.0 Å². The van der Waals surface area contributed by atoms with E-state index in [1.54, 1.807) is 0 Å². The monoisotopic (exact) mass is 382 g/mol. The SMILES string of the molecule is Cl.N[C@@H](c1ccc(OC(F)(F)F)cc1)c1cc(F)cc([N+](=O)[O-])c1O. The number of nitrogens with two attached hydrogens (primary N) is 1. The van der Waals surface area contributed by atoms with Crippen LogP contribution in [0, 0.1) is 15.9 Å². The second kappa shape index (κ2) is 7.53. The van der Waals surface area contributed by atoms with Gasteiger partial charge in [-0.15, -0.1) is 25.6 Å². The first-order valence-electron chi connectivity index (χ1n) is 6.36. The Labute approximate surface area is 144 Å². The number of halogens is 5. The number of benzene rings is 2. The van der Waals surface area contributed by atoms with Crippen molar-refractivity contribution in [2.45, 2.75) is 12.4 Å². The van der Waals surface area contributed by atoms with Crippen LogP contribution >= 0.6 is 12.4 Å². The second-order valence-electron chi connectivity index (χ2n) is 4.71. The summed E-state index contributed by atoms with van der Waals surface area (Å²) in [6.07, 6.45) is -4.86. The zero-order valence-corrected chi connectivity index (χ0v) is 13.0. The summed E-state index contributed by atoms with van der Waals surface area (Å²) < 4.78 is 53.5. The Morgan fingerprint density at radius 3 is 2.24 bits per heavy atom. The number of hydrogen-bond donors (Lipinski definition) is 2. The minimum Gasteiger partial charge on any atom is -0.502 e. The minimum atomic E-state index is -4.86. The van der Waals surface area contributed by atoms with E-state index in [4.69, 9.17) is 5.73 Å². The molecule has 2 rings (SSSR count). The van der Waals surface area contributed by atoms with Gasteiger partial charge in [0.25, 0.3) is 0 Å². The zero-order valence-electron chi connectivity index (χ0n) is 12.2. The Kier molecular flexibility index (Phi) is 6.16. The highest BCUT2D eigenvalue weighted by atomic mass is 35.5. The second-order valence-corrected chi connectivity index (χ2v) is 4.71. The van der Waals surface area contributed by atoms with E-state index >= 15 is 0 Å². The fourth-order valence-electron chi connectivity index (χ4n) is 2.04. The Balaban J connectivity index is 0.00000312. The van der Waals surface area contributed by atoms with Gasteiger partial charge in [-0.05, 0) is 23.8 Å². The van der Waals surface area contributed by atoms with Crippen LogP contribution in [0.2, 0.25) is 0 Å². The molecule has 0 heterocycles. The average Bonchev–Trinajstić information content (AvgIpc) is 2.47. The van der Waals surface area contributed by atoms with Crippen LogP contribution in [0.1, 0.15) is 17.2 Å². The first kappa shape index (κ1) is 20.5. The fourth-order valence-corrected chi connectivity index (χ4v) is 2.04. The first-order valence-corrected chi connectivity index (χ1v) is 6.36. The van der Waals surface area contributed by atoms with Gasteiger partial charge in [-0.1, -0.05) is 12.1 Å². The maximum atomic E-state index is 13.5. The van der Waals surface area contributed by atoms with E-state index in [0.717, 1.165) is 18.2 Å². The highest BCUT2D eigenvalue weighted by molar-refractivity contribution is 5.85. The third kappa shape index (κ3) is 4.94. The maximum Gasteiger partial charge on any atom is 0.573 e. The van der Waals surface area contributed by atoms with Gasteiger partial charge in [0.2, 0.25) is 0 Å². The normalized spacial score (nSPS) is 12.2. The quantitative estimate of drug-likeness (QED) is 0.476. The molecule has 2 aromatic rings. The van der Waals surface area contributed by atoms with Gasteiger partial charge >= 0.3 is 12.0 Å².